The third kappa shape index (κ3) is 5.92. The Bertz CT molecular complexity index is 866. The molecule has 0 atom stereocenters. The van der Waals surface area contributed by atoms with Crippen LogP contribution < -0.4 is 10.6 Å². The van der Waals surface area contributed by atoms with Crippen LogP contribution in [0, 0.1) is 5.82 Å². The zero-order valence-corrected chi connectivity index (χ0v) is 15.0. The molecule has 1 aromatic heterocycles. The van der Waals surface area contributed by atoms with Crippen molar-refractivity contribution in [2.45, 2.75) is 19.4 Å². The van der Waals surface area contributed by atoms with Crippen LogP contribution in [0.2, 0.25) is 0 Å². The summed E-state index contributed by atoms with van der Waals surface area (Å²) in [7, 11) is 0. The van der Waals surface area contributed by atoms with Crippen molar-refractivity contribution in [3.63, 3.8) is 0 Å². The fourth-order valence-electron chi connectivity index (χ4n) is 2.71. The summed E-state index contributed by atoms with van der Waals surface area (Å²) in [5.74, 6) is -0.551. The quantitative estimate of drug-likeness (QED) is 0.590. The van der Waals surface area contributed by atoms with Gasteiger partial charge >= 0.3 is 0 Å². The second kappa shape index (κ2) is 9.48. The number of hydrogen-bond donors (Lipinski definition) is 2. The summed E-state index contributed by atoms with van der Waals surface area (Å²) in [4.78, 5) is 16.4. The van der Waals surface area contributed by atoms with E-state index in [4.69, 9.17) is 0 Å². The van der Waals surface area contributed by atoms with Gasteiger partial charge < -0.3 is 10.6 Å². The molecule has 138 valence electrons. The molecule has 4 nitrogen and oxygen atoms in total. The molecule has 0 aliphatic heterocycles. The van der Waals surface area contributed by atoms with Crippen LogP contribution >= 0.6 is 0 Å². The van der Waals surface area contributed by atoms with Crippen LogP contribution in [-0.4, -0.2) is 17.4 Å². The lowest BCUT2D eigenvalue weighted by Crippen LogP contribution is -2.23. The zero-order chi connectivity index (χ0) is 18.9. The molecule has 0 saturated heterocycles. The molecule has 0 fully saturated rings. The van der Waals surface area contributed by atoms with Crippen molar-refractivity contribution in [2.75, 3.05) is 11.9 Å². The second-order valence-corrected chi connectivity index (χ2v) is 6.25. The van der Waals surface area contributed by atoms with Crippen LogP contribution in [-0.2, 0) is 13.0 Å². The second-order valence-electron chi connectivity index (χ2n) is 6.25. The van der Waals surface area contributed by atoms with E-state index in [1.807, 2.05) is 24.3 Å². The van der Waals surface area contributed by atoms with E-state index < -0.39 is 0 Å². The Morgan fingerprint density at radius 2 is 1.74 bits per heavy atom. The number of halogens is 1. The van der Waals surface area contributed by atoms with Crippen LogP contribution in [0.5, 0.6) is 0 Å². The molecule has 0 unspecified atom stereocenters. The van der Waals surface area contributed by atoms with Crippen molar-refractivity contribution in [1.82, 2.24) is 10.3 Å². The highest BCUT2D eigenvalue weighted by Crippen LogP contribution is 2.10. The molecule has 2 aromatic carbocycles. The van der Waals surface area contributed by atoms with Gasteiger partial charge in [-0.3, -0.25) is 9.78 Å². The van der Waals surface area contributed by atoms with Crippen molar-refractivity contribution in [3.05, 3.63) is 95.6 Å². The van der Waals surface area contributed by atoms with E-state index in [-0.39, 0.29) is 11.7 Å². The van der Waals surface area contributed by atoms with Crippen LogP contribution in [0.15, 0.2) is 72.9 Å². The minimum Gasteiger partial charge on any atom is -0.385 e. The molecule has 0 spiro atoms. The third-order valence-electron chi connectivity index (χ3n) is 4.17. The molecule has 3 rings (SSSR count). The molecule has 0 bridgehead atoms. The highest BCUT2D eigenvalue weighted by Gasteiger charge is 2.08. The van der Waals surface area contributed by atoms with Crippen molar-refractivity contribution in [3.8, 4) is 0 Å². The van der Waals surface area contributed by atoms with Gasteiger partial charge in [-0.15, -0.1) is 0 Å². The first-order valence-corrected chi connectivity index (χ1v) is 8.97. The molecule has 1 heterocycles. The largest absolute Gasteiger partial charge is 0.385 e. The predicted octanol–water partition coefficient (Wildman–Crippen LogP) is 4.20. The molecule has 0 saturated carbocycles. The van der Waals surface area contributed by atoms with E-state index in [0.29, 0.717) is 12.2 Å². The number of rotatable bonds is 8. The standard InChI is InChI=1S/C22H22FN3O/c23-19-10-8-18(9-11-19)16-26-22(27)21-15-20(12-14-25-21)24-13-4-7-17-5-2-1-3-6-17/h1-3,5-6,8-12,14-15H,4,7,13,16H2,(H,24,25)(H,26,27). The van der Waals surface area contributed by atoms with E-state index in [1.165, 1.54) is 17.7 Å². The Balaban J connectivity index is 1.47. The SMILES string of the molecule is O=C(NCc1ccc(F)cc1)c1cc(NCCCc2ccccc2)ccn1. The van der Waals surface area contributed by atoms with Gasteiger partial charge in [0.05, 0.1) is 0 Å². The van der Waals surface area contributed by atoms with Gasteiger partial charge in [0.2, 0.25) is 0 Å². The number of nitrogens with zero attached hydrogens (tertiary/aromatic N) is 1. The third-order valence-corrected chi connectivity index (χ3v) is 4.17. The normalized spacial score (nSPS) is 10.4. The van der Waals surface area contributed by atoms with Crippen molar-refractivity contribution < 1.29 is 9.18 Å². The first-order chi connectivity index (χ1) is 13.2. The molecular formula is C22H22FN3O. The minimum absolute atomic E-state index is 0.257. The number of pyridine rings is 1. The summed E-state index contributed by atoms with van der Waals surface area (Å²) in [5, 5.41) is 6.13. The van der Waals surface area contributed by atoms with Gasteiger partial charge in [-0.2, -0.15) is 0 Å². The number of aryl methyl sites for hydroxylation is 1. The molecule has 0 radical (unpaired) electrons. The molecule has 3 aromatic rings. The Labute approximate surface area is 158 Å². The summed E-state index contributed by atoms with van der Waals surface area (Å²) >= 11 is 0. The van der Waals surface area contributed by atoms with Crippen molar-refractivity contribution in [1.29, 1.82) is 0 Å². The average molecular weight is 363 g/mol. The fourth-order valence-corrected chi connectivity index (χ4v) is 2.71. The zero-order valence-electron chi connectivity index (χ0n) is 15.0. The van der Waals surface area contributed by atoms with E-state index in [0.717, 1.165) is 30.6 Å². The number of anilines is 1. The average Bonchev–Trinajstić information content (AvgIpc) is 2.71. The van der Waals surface area contributed by atoms with Gasteiger partial charge in [0.1, 0.15) is 11.5 Å². The topological polar surface area (TPSA) is 54.0 Å². The van der Waals surface area contributed by atoms with Gasteiger partial charge in [-0.05, 0) is 48.2 Å². The van der Waals surface area contributed by atoms with Crippen LogP contribution in [0.25, 0.3) is 0 Å². The monoisotopic (exact) mass is 363 g/mol. The van der Waals surface area contributed by atoms with Crippen LogP contribution in [0.1, 0.15) is 28.0 Å². The van der Waals surface area contributed by atoms with Crippen molar-refractivity contribution in [2.24, 2.45) is 0 Å². The lowest BCUT2D eigenvalue weighted by atomic mass is 10.1. The van der Waals surface area contributed by atoms with Gasteiger partial charge in [0, 0.05) is 25.0 Å². The highest BCUT2D eigenvalue weighted by atomic mass is 19.1. The minimum atomic E-state index is -0.294. The molecule has 0 aliphatic carbocycles. The Hall–Kier alpha value is -3.21. The summed E-state index contributed by atoms with van der Waals surface area (Å²) in [6.45, 7) is 1.14. The smallest absolute Gasteiger partial charge is 0.270 e. The Morgan fingerprint density at radius 3 is 2.52 bits per heavy atom. The summed E-state index contributed by atoms with van der Waals surface area (Å²) in [6, 6.07) is 20.0. The molecule has 27 heavy (non-hydrogen) atoms. The maximum absolute atomic E-state index is 12.9. The molecule has 2 N–H and O–H groups in total. The van der Waals surface area contributed by atoms with E-state index in [2.05, 4.69) is 27.8 Å². The van der Waals surface area contributed by atoms with Crippen LogP contribution in [0.3, 0.4) is 0 Å². The van der Waals surface area contributed by atoms with Gasteiger partial charge in [-0.25, -0.2) is 4.39 Å². The summed E-state index contributed by atoms with van der Waals surface area (Å²) in [5.41, 5.74) is 3.37. The first-order valence-electron chi connectivity index (χ1n) is 8.97. The number of nitrogens with one attached hydrogen (secondary N) is 2. The van der Waals surface area contributed by atoms with Gasteiger partial charge in [-0.1, -0.05) is 42.5 Å². The lowest BCUT2D eigenvalue weighted by molar-refractivity contribution is 0.0946. The lowest BCUT2D eigenvalue weighted by Gasteiger charge is -2.09. The van der Waals surface area contributed by atoms with E-state index in [9.17, 15) is 9.18 Å². The van der Waals surface area contributed by atoms with Crippen molar-refractivity contribution >= 4 is 11.6 Å². The number of carbonyl (C=O) groups excluding carboxylic acids is 1. The van der Waals surface area contributed by atoms with E-state index >= 15 is 0 Å². The maximum atomic E-state index is 12.9. The van der Waals surface area contributed by atoms with E-state index in [1.54, 1.807) is 24.4 Å². The number of amides is 1. The number of carbonyl (C=O) groups is 1. The first kappa shape index (κ1) is 18.6. The van der Waals surface area contributed by atoms with Crippen LogP contribution in [0.4, 0.5) is 10.1 Å². The van der Waals surface area contributed by atoms with Gasteiger partial charge in [0.25, 0.3) is 5.91 Å². The fraction of sp³-hybridized carbons (Fsp3) is 0.182. The number of hydrogen-bond acceptors (Lipinski definition) is 3. The summed E-state index contributed by atoms with van der Waals surface area (Å²) in [6.07, 6.45) is 3.62. The number of aromatic nitrogens is 1. The molecule has 1 amide bonds. The Kier molecular flexibility index (Phi) is 6.52. The number of benzene rings is 2. The Morgan fingerprint density at radius 1 is 0.963 bits per heavy atom. The summed E-state index contributed by atoms with van der Waals surface area (Å²) < 4.78 is 12.9. The highest BCUT2D eigenvalue weighted by molar-refractivity contribution is 5.93. The maximum Gasteiger partial charge on any atom is 0.270 e. The molecule has 0 aliphatic rings. The molecule has 5 heteroatoms. The molecular weight excluding hydrogens is 341 g/mol. The van der Waals surface area contributed by atoms with Gasteiger partial charge in [0.15, 0.2) is 0 Å². The predicted molar refractivity (Wildman–Crippen MR) is 105 cm³/mol.